The Morgan fingerprint density at radius 1 is 0.920 bits per heavy atom. The van der Waals surface area contributed by atoms with Crippen LogP contribution in [0.3, 0.4) is 0 Å². The van der Waals surface area contributed by atoms with Crippen LogP contribution in [0.2, 0.25) is 0 Å². The lowest BCUT2D eigenvalue weighted by Gasteiger charge is -2.23. The van der Waals surface area contributed by atoms with E-state index in [9.17, 15) is 18.0 Å². The predicted octanol–water partition coefficient (Wildman–Crippen LogP) is 1.84. The van der Waals surface area contributed by atoms with Crippen LogP contribution in [0.4, 0.5) is 5.69 Å². The molecule has 0 aliphatic rings. The minimum absolute atomic E-state index is 0.0379. The van der Waals surface area contributed by atoms with Crippen molar-refractivity contribution in [2.24, 2.45) is 0 Å². The molecule has 2 aromatic carbocycles. The van der Waals surface area contributed by atoms with Crippen LogP contribution in [0.5, 0.6) is 0 Å². The van der Waals surface area contributed by atoms with Gasteiger partial charge in [0.25, 0.3) is 10.0 Å². The molecule has 0 radical (unpaired) electrons. The molecule has 7 nitrogen and oxygen atoms in total. The molecule has 0 unspecified atom stereocenters. The van der Waals surface area contributed by atoms with Crippen LogP contribution in [-0.2, 0) is 24.3 Å². The van der Waals surface area contributed by atoms with Crippen LogP contribution >= 0.6 is 0 Å². The highest BCUT2D eigenvalue weighted by atomic mass is 32.2. The minimum atomic E-state index is -3.98. The molecule has 0 heterocycles. The average Bonchev–Trinajstić information content (AvgIpc) is 2.66. The van der Waals surface area contributed by atoms with E-state index in [0.29, 0.717) is 0 Å². The molecule has 132 valence electrons. The summed E-state index contributed by atoms with van der Waals surface area (Å²) in [5, 5.41) is 0. The molecule has 0 spiro atoms. The summed E-state index contributed by atoms with van der Waals surface area (Å²) in [7, 11) is -1.56. The van der Waals surface area contributed by atoms with Gasteiger partial charge >= 0.3 is 11.9 Å². The number of rotatable bonds is 6. The van der Waals surface area contributed by atoms with Gasteiger partial charge in [-0.15, -0.1) is 0 Å². The van der Waals surface area contributed by atoms with E-state index in [2.05, 4.69) is 9.47 Å². The zero-order chi connectivity index (χ0) is 18.4. The molecule has 0 aliphatic carbocycles. The molecule has 0 N–H and O–H groups in total. The smallest absolute Gasteiger partial charge is 0.337 e. The molecule has 0 saturated carbocycles. The molecule has 0 aliphatic heterocycles. The fourth-order valence-electron chi connectivity index (χ4n) is 2.10. The van der Waals surface area contributed by atoms with Crippen LogP contribution in [0.15, 0.2) is 59.5 Å². The number of esters is 2. The Morgan fingerprint density at radius 3 is 2.04 bits per heavy atom. The van der Waals surface area contributed by atoms with Gasteiger partial charge in [-0.25, -0.2) is 13.2 Å². The van der Waals surface area contributed by atoms with E-state index in [1.807, 2.05) is 0 Å². The van der Waals surface area contributed by atoms with Gasteiger partial charge in [0.05, 0.1) is 30.4 Å². The largest absolute Gasteiger partial charge is 0.468 e. The first-order valence-electron chi connectivity index (χ1n) is 7.23. The van der Waals surface area contributed by atoms with Crippen molar-refractivity contribution in [2.45, 2.75) is 4.90 Å². The second-order valence-electron chi connectivity index (χ2n) is 4.94. The monoisotopic (exact) mass is 363 g/mol. The summed E-state index contributed by atoms with van der Waals surface area (Å²) in [5.41, 5.74) is 0.489. The second kappa shape index (κ2) is 7.80. The maximum atomic E-state index is 12.9. The van der Waals surface area contributed by atoms with Gasteiger partial charge < -0.3 is 9.47 Å². The van der Waals surface area contributed by atoms with E-state index in [1.54, 1.807) is 18.2 Å². The Bertz CT molecular complexity index is 846. The third kappa shape index (κ3) is 4.16. The molecule has 8 heteroatoms. The normalized spacial score (nSPS) is 10.8. The lowest BCUT2D eigenvalue weighted by atomic mass is 10.2. The Kier molecular flexibility index (Phi) is 5.76. The molecular weight excluding hydrogens is 346 g/mol. The highest BCUT2D eigenvalue weighted by molar-refractivity contribution is 7.92. The van der Waals surface area contributed by atoms with E-state index < -0.39 is 28.5 Å². The van der Waals surface area contributed by atoms with E-state index in [4.69, 9.17) is 0 Å². The highest BCUT2D eigenvalue weighted by Gasteiger charge is 2.27. The average molecular weight is 363 g/mol. The number of hydrogen-bond donors (Lipinski definition) is 0. The van der Waals surface area contributed by atoms with Gasteiger partial charge in [0.15, 0.2) is 0 Å². The van der Waals surface area contributed by atoms with E-state index in [0.717, 1.165) is 4.31 Å². The summed E-state index contributed by atoms with van der Waals surface area (Å²) < 4.78 is 35.9. The topological polar surface area (TPSA) is 90.0 Å². The van der Waals surface area contributed by atoms with Crippen molar-refractivity contribution in [3.05, 3.63) is 60.2 Å². The summed E-state index contributed by atoms with van der Waals surface area (Å²) in [6.45, 7) is -0.495. The fraction of sp³-hybridized carbons (Fsp3) is 0.176. The first-order chi connectivity index (χ1) is 11.9. The van der Waals surface area contributed by atoms with Crippen LogP contribution in [-0.4, -0.2) is 41.1 Å². The molecule has 0 fully saturated rings. The van der Waals surface area contributed by atoms with Crippen LogP contribution in [0.25, 0.3) is 0 Å². The van der Waals surface area contributed by atoms with Crippen LogP contribution in [0.1, 0.15) is 10.4 Å². The first-order valence-corrected chi connectivity index (χ1v) is 8.67. The molecule has 2 aromatic rings. The second-order valence-corrected chi connectivity index (χ2v) is 6.80. The number of benzene rings is 2. The van der Waals surface area contributed by atoms with Gasteiger partial charge in [0, 0.05) is 0 Å². The van der Waals surface area contributed by atoms with Gasteiger partial charge in [-0.2, -0.15) is 0 Å². The fourth-order valence-corrected chi connectivity index (χ4v) is 3.53. The molecule has 25 heavy (non-hydrogen) atoms. The zero-order valence-corrected chi connectivity index (χ0v) is 14.5. The number of hydrogen-bond acceptors (Lipinski definition) is 6. The maximum Gasteiger partial charge on any atom is 0.337 e. The number of methoxy groups -OCH3 is 2. The summed E-state index contributed by atoms with van der Waals surface area (Å²) in [6, 6.07) is 13.4. The van der Waals surface area contributed by atoms with Gasteiger partial charge in [0.1, 0.15) is 6.54 Å². The number of carbonyl (C=O) groups is 2. The van der Waals surface area contributed by atoms with Crippen LogP contribution < -0.4 is 4.31 Å². The Labute approximate surface area is 145 Å². The molecule has 0 atom stereocenters. The zero-order valence-electron chi connectivity index (χ0n) is 13.7. The molecule has 0 amide bonds. The number of ether oxygens (including phenoxy) is 2. The molecule has 0 bridgehead atoms. The van der Waals surface area contributed by atoms with Gasteiger partial charge in [-0.3, -0.25) is 9.10 Å². The third-order valence-electron chi connectivity index (χ3n) is 3.41. The van der Waals surface area contributed by atoms with Crippen LogP contribution in [0, 0.1) is 0 Å². The number of anilines is 1. The molecule has 0 aromatic heterocycles. The summed E-state index contributed by atoms with van der Waals surface area (Å²) in [6.07, 6.45) is 0. The number of nitrogens with zero attached hydrogens (tertiary/aromatic N) is 1. The molecule has 0 saturated heterocycles. The minimum Gasteiger partial charge on any atom is -0.468 e. The number of sulfonamides is 1. The number of carbonyl (C=O) groups excluding carboxylic acids is 2. The van der Waals surface area contributed by atoms with Gasteiger partial charge in [-0.05, 0) is 36.4 Å². The first kappa shape index (κ1) is 18.5. The Balaban J connectivity index is 2.46. The van der Waals surface area contributed by atoms with Crippen molar-refractivity contribution in [1.29, 1.82) is 0 Å². The molecular formula is C17H17NO6S. The third-order valence-corrected chi connectivity index (χ3v) is 5.20. The summed E-state index contributed by atoms with van der Waals surface area (Å²) in [4.78, 5) is 23.2. The summed E-state index contributed by atoms with van der Waals surface area (Å²) >= 11 is 0. The van der Waals surface area contributed by atoms with Crippen molar-refractivity contribution in [3.63, 3.8) is 0 Å². The quantitative estimate of drug-likeness (QED) is 0.728. The standard InChI is InChI=1S/C17H17NO6S/c1-23-16(19)12-18(25(21,22)15-6-4-3-5-7-15)14-10-8-13(9-11-14)17(20)24-2/h3-11H,12H2,1-2H3. The predicted molar refractivity (Wildman–Crippen MR) is 90.8 cm³/mol. The Morgan fingerprint density at radius 2 is 1.52 bits per heavy atom. The van der Waals surface area contributed by atoms with Gasteiger partial charge in [0.2, 0.25) is 0 Å². The lowest BCUT2D eigenvalue weighted by molar-refractivity contribution is -0.138. The van der Waals surface area contributed by atoms with Crippen molar-refractivity contribution in [3.8, 4) is 0 Å². The van der Waals surface area contributed by atoms with E-state index >= 15 is 0 Å². The van der Waals surface area contributed by atoms with Crippen molar-refractivity contribution < 1.29 is 27.5 Å². The molecule has 2 rings (SSSR count). The SMILES string of the molecule is COC(=O)CN(c1ccc(C(=O)OC)cc1)S(=O)(=O)c1ccccc1. The van der Waals surface area contributed by atoms with Crippen molar-refractivity contribution in [2.75, 3.05) is 25.1 Å². The van der Waals surface area contributed by atoms with Gasteiger partial charge in [-0.1, -0.05) is 18.2 Å². The van der Waals surface area contributed by atoms with Crippen molar-refractivity contribution in [1.82, 2.24) is 0 Å². The highest BCUT2D eigenvalue weighted by Crippen LogP contribution is 2.24. The van der Waals surface area contributed by atoms with E-state index in [1.165, 1.54) is 50.6 Å². The Hall–Kier alpha value is -2.87. The van der Waals surface area contributed by atoms with E-state index in [-0.39, 0.29) is 16.1 Å². The lowest BCUT2D eigenvalue weighted by Crippen LogP contribution is -2.36. The summed E-state index contributed by atoms with van der Waals surface area (Å²) in [5.74, 6) is -1.26. The maximum absolute atomic E-state index is 12.9. The van der Waals surface area contributed by atoms with Crippen molar-refractivity contribution >= 4 is 27.6 Å².